The zero-order chi connectivity index (χ0) is 26.4. The number of fused-ring (bicyclic) bond motifs is 5. The first-order chi connectivity index (χ1) is 16.9. The molecule has 4 fully saturated rings. The number of aliphatic hydroxyl groups is 3. The standard InChI is InChI=1S/C29H48O7/c1-16(2)15-35-27(34)36-25(33)9-6-17(3)20-7-8-21-26-22(14-24(32)29(20,21)5)28(4)11-10-19(30)12-18(28)13-23(26)31/h16-24,26,30-32H,6-15H2,1-5H3/t17?,18?,19-,20?,21?,22?,23-,24+,26?,28?,29-/m1/s1. The Balaban J connectivity index is 1.41. The summed E-state index contributed by atoms with van der Waals surface area (Å²) in [5, 5.41) is 33.3. The SMILES string of the molecule is CC(C)COC(=O)OC(=O)CCC(C)C1CCC2C3C(C[C@H](O)[C@]12C)C1(C)CC[C@@H](O)CC1C[C@H]3O. The topological polar surface area (TPSA) is 113 Å². The first-order valence-electron chi connectivity index (χ1n) is 14.3. The summed E-state index contributed by atoms with van der Waals surface area (Å²) in [6, 6.07) is 0. The molecule has 36 heavy (non-hydrogen) atoms. The Morgan fingerprint density at radius 2 is 1.69 bits per heavy atom. The summed E-state index contributed by atoms with van der Waals surface area (Å²) < 4.78 is 9.76. The number of rotatable bonds is 6. The Morgan fingerprint density at radius 1 is 0.972 bits per heavy atom. The average Bonchev–Trinajstić information content (AvgIpc) is 3.16. The van der Waals surface area contributed by atoms with E-state index in [9.17, 15) is 24.9 Å². The highest BCUT2D eigenvalue weighted by atomic mass is 16.7. The highest BCUT2D eigenvalue weighted by Crippen LogP contribution is 2.68. The normalized spacial score (nSPS) is 44.8. The Labute approximate surface area is 216 Å². The van der Waals surface area contributed by atoms with Crippen LogP contribution in [0.3, 0.4) is 0 Å². The maximum atomic E-state index is 12.2. The van der Waals surface area contributed by atoms with Crippen molar-refractivity contribution in [2.24, 2.45) is 52.3 Å². The predicted octanol–water partition coefficient (Wildman–Crippen LogP) is 4.70. The maximum Gasteiger partial charge on any atom is 0.516 e. The average molecular weight is 509 g/mol. The third kappa shape index (κ3) is 4.96. The van der Waals surface area contributed by atoms with Gasteiger partial charge in [0.25, 0.3) is 0 Å². The molecule has 4 saturated carbocycles. The van der Waals surface area contributed by atoms with Crippen LogP contribution in [0.4, 0.5) is 4.79 Å². The van der Waals surface area contributed by atoms with Crippen LogP contribution in [0.5, 0.6) is 0 Å². The minimum Gasteiger partial charge on any atom is -0.434 e. The molecule has 0 amide bonds. The number of hydrogen-bond donors (Lipinski definition) is 3. The van der Waals surface area contributed by atoms with Crippen LogP contribution in [0.2, 0.25) is 0 Å². The van der Waals surface area contributed by atoms with Crippen LogP contribution in [0.15, 0.2) is 0 Å². The molecule has 0 aromatic carbocycles. The summed E-state index contributed by atoms with van der Waals surface area (Å²) in [5.74, 6) is 1.02. The van der Waals surface area contributed by atoms with Crippen molar-refractivity contribution in [2.75, 3.05) is 6.61 Å². The lowest BCUT2D eigenvalue weighted by molar-refractivity contribution is -0.207. The van der Waals surface area contributed by atoms with E-state index in [1.54, 1.807) is 0 Å². The lowest BCUT2D eigenvalue weighted by Crippen LogP contribution is -2.62. The van der Waals surface area contributed by atoms with Crippen LogP contribution in [-0.2, 0) is 14.3 Å². The quantitative estimate of drug-likeness (QED) is 0.352. The van der Waals surface area contributed by atoms with Gasteiger partial charge >= 0.3 is 12.1 Å². The zero-order valence-electron chi connectivity index (χ0n) is 22.8. The maximum absolute atomic E-state index is 12.2. The fraction of sp³-hybridized carbons (Fsp3) is 0.931. The monoisotopic (exact) mass is 508 g/mol. The Kier molecular flexibility index (Phi) is 8.14. The van der Waals surface area contributed by atoms with Crippen LogP contribution < -0.4 is 0 Å². The second-order valence-corrected chi connectivity index (χ2v) is 13.5. The molecule has 7 unspecified atom stereocenters. The van der Waals surface area contributed by atoms with Crippen molar-refractivity contribution in [3.05, 3.63) is 0 Å². The van der Waals surface area contributed by atoms with E-state index in [-0.39, 0.29) is 65.5 Å². The van der Waals surface area contributed by atoms with Gasteiger partial charge in [0.15, 0.2) is 0 Å². The molecule has 4 aliphatic rings. The summed E-state index contributed by atoms with van der Waals surface area (Å²) >= 11 is 0. The first-order valence-corrected chi connectivity index (χ1v) is 14.3. The van der Waals surface area contributed by atoms with E-state index < -0.39 is 24.3 Å². The summed E-state index contributed by atoms with van der Waals surface area (Å²) in [6.07, 6.45) is 4.61. The van der Waals surface area contributed by atoms with E-state index >= 15 is 0 Å². The van der Waals surface area contributed by atoms with Gasteiger partial charge in [-0.2, -0.15) is 0 Å². The fourth-order valence-corrected chi connectivity index (χ4v) is 9.09. The smallest absolute Gasteiger partial charge is 0.434 e. The number of carbonyl (C=O) groups is 2. The van der Waals surface area contributed by atoms with E-state index in [4.69, 9.17) is 9.47 Å². The van der Waals surface area contributed by atoms with Gasteiger partial charge in [-0.15, -0.1) is 0 Å². The van der Waals surface area contributed by atoms with Crippen LogP contribution in [0, 0.1) is 52.3 Å². The molecule has 0 aromatic heterocycles. The van der Waals surface area contributed by atoms with Gasteiger partial charge in [-0.25, -0.2) is 4.79 Å². The molecule has 0 aromatic rings. The van der Waals surface area contributed by atoms with E-state index in [1.165, 1.54) is 0 Å². The Morgan fingerprint density at radius 3 is 2.39 bits per heavy atom. The Hall–Kier alpha value is -1.18. The van der Waals surface area contributed by atoms with Crippen molar-refractivity contribution in [2.45, 2.75) is 111 Å². The molecule has 7 heteroatoms. The summed E-state index contributed by atoms with van der Waals surface area (Å²) in [6.45, 7) is 10.7. The minimum absolute atomic E-state index is 0.0586. The molecule has 0 heterocycles. The third-order valence-electron chi connectivity index (χ3n) is 11.1. The molecule has 0 saturated heterocycles. The molecule has 206 valence electrons. The molecule has 0 spiro atoms. The lowest BCUT2D eigenvalue weighted by Gasteiger charge is -2.63. The van der Waals surface area contributed by atoms with Crippen molar-refractivity contribution in [3.8, 4) is 0 Å². The van der Waals surface area contributed by atoms with Crippen molar-refractivity contribution in [3.63, 3.8) is 0 Å². The van der Waals surface area contributed by atoms with E-state index in [0.29, 0.717) is 18.8 Å². The number of aliphatic hydroxyl groups excluding tert-OH is 3. The molecular formula is C29H48O7. The summed E-state index contributed by atoms with van der Waals surface area (Å²) in [5.41, 5.74) is -0.248. The molecule has 0 radical (unpaired) electrons. The van der Waals surface area contributed by atoms with Gasteiger partial charge in [-0.05, 0) is 104 Å². The van der Waals surface area contributed by atoms with Gasteiger partial charge < -0.3 is 24.8 Å². The predicted molar refractivity (Wildman–Crippen MR) is 135 cm³/mol. The molecule has 0 bridgehead atoms. The molecule has 7 nitrogen and oxygen atoms in total. The lowest BCUT2D eigenvalue weighted by atomic mass is 9.43. The fourth-order valence-electron chi connectivity index (χ4n) is 9.09. The van der Waals surface area contributed by atoms with Crippen molar-refractivity contribution in [1.82, 2.24) is 0 Å². The van der Waals surface area contributed by atoms with Crippen molar-refractivity contribution >= 4 is 12.1 Å². The van der Waals surface area contributed by atoms with Crippen LogP contribution in [0.1, 0.15) is 92.4 Å². The largest absolute Gasteiger partial charge is 0.516 e. The van der Waals surface area contributed by atoms with E-state index in [2.05, 4.69) is 20.8 Å². The first kappa shape index (κ1) is 27.8. The summed E-state index contributed by atoms with van der Waals surface area (Å²) in [7, 11) is 0. The van der Waals surface area contributed by atoms with Crippen LogP contribution >= 0.6 is 0 Å². The third-order valence-corrected chi connectivity index (χ3v) is 11.1. The number of hydrogen-bond acceptors (Lipinski definition) is 7. The van der Waals surface area contributed by atoms with Gasteiger partial charge in [0, 0.05) is 6.42 Å². The Bertz CT molecular complexity index is 813. The zero-order valence-corrected chi connectivity index (χ0v) is 22.8. The van der Waals surface area contributed by atoms with Gasteiger partial charge in [0.1, 0.15) is 0 Å². The van der Waals surface area contributed by atoms with Crippen molar-refractivity contribution < 1.29 is 34.4 Å². The molecule has 4 rings (SSSR count). The van der Waals surface area contributed by atoms with E-state index in [1.807, 2.05) is 13.8 Å². The molecule has 4 aliphatic carbocycles. The van der Waals surface area contributed by atoms with Crippen LogP contribution in [-0.4, -0.2) is 52.4 Å². The second kappa shape index (κ2) is 10.5. The number of ether oxygens (including phenoxy) is 2. The number of carbonyl (C=O) groups excluding carboxylic acids is 2. The van der Waals surface area contributed by atoms with E-state index in [0.717, 1.165) is 38.5 Å². The molecule has 11 atom stereocenters. The molecule has 0 aliphatic heterocycles. The van der Waals surface area contributed by atoms with Gasteiger partial charge in [0.05, 0.1) is 24.9 Å². The highest BCUT2D eigenvalue weighted by molar-refractivity contribution is 5.81. The number of esters is 1. The minimum atomic E-state index is -0.934. The molecule has 3 N–H and O–H groups in total. The van der Waals surface area contributed by atoms with Crippen LogP contribution in [0.25, 0.3) is 0 Å². The van der Waals surface area contributed by atoms with Gasteiger partial charge in [-0.1, -0.05) is 34.6 Å². The summed E-state index contributed by atoms with van der Waals surface area (Å²) in [4.78, 5) is 24.0. The molecular weight excluding hydrogens is 460 g/mol. The van der Waals surface area contributed by atoms with Gasteiger partial charge in [-0.3, -0.25) is 4.79 Å². The van der Waals surface area contributed by atoms with Gasteiger partial charge in [0.2, 0.25) is 0 Å². The highest BCUT2D eigenvalue weighted by Gasteiger charge is 2.65. The second-order valence-electron chi connectivity index (χ2n) is 13.5. The van der Waals surface area contributed by atoms with Crippen molar-refractivity contribution in [1.29, 1.82) is 0 Å².